The number of likely N-dealkylation sites (N-methyl/N-ethyl adjacent to an activating group) is 1. The molecule has 1 heterocycles. The molecular formula is C7H11NO4. The molecule has 0 aromatic carbocycles. The number of esters is 1. The highest BCUT2D eigenvalue weighted by Crippen LogP contribution is 2.17. The van der Waals surface area contributed by atoms with Crippen LogP contribution in [-0.4, -0.2) is 41.3 Å². The van der Waals surface area contributed by atoms with E-state index in [2.05, 4.69) is 0 Å². The third-order valence-corrected chi connectivity index (χ3v) is 1.99. The Bertz CT molecular complexity index is 215. The summed E-state index contributed by atoms with van der Waals surface area (Å²) in [5.41, 5.74) is 0. The van der Waals surface area contributed by atoms with E-state index >= 15 is 0 Å². The van der Waals surface area contributed by atoms with Crippen LogP contribution in [-0.2, 0) is 14.3 Å². The van der Waals surface area contributed by atoms with Gasteiger partial charge in [0.25, 0.3) is 0 Å². The van der Waals surface area contributed by atoms with Crippen LogP contribution < -0.4 is 0 Å². The molecule has 0 aromatic heterocycles. The van der Waals surface area contributed by atoms with E-state index in [4.69, 9.17) is 9.84 Å². The van der Waals surface area contributed by atoms with Gasteiger partial charge < -0.3 is 9.84 Å². The molecule has 1 aliphatic heterocycles. The standard InChI is InChI=1S/C7H11NO4/c1-4-8(2)5(3-6(9)10)7(11)12-4/h4-5H,3H2,1-2H3,(H,9,10). The summed E-state index contributed by atoms with van der Waals surface area (Å²) in [5, 5.41) is 8.46. The number of nitrogens with zero attached hydrogens (tertiary/aromatic N) is 1. The van der Waals surface area contributed by atoms with Crippen LogP contribution in [0, 0.1) is 0 Å². The molecule has 1 saturated heterocycles. The topological polar surface area (TPSA) is 66.8 Å². The molecule has 0 saturated carbocycles. The summed E-state index contributed by atoms with van der Waals surface area (Å²) in [6, 6.07) is -0.627. The lowest BCUT2D eigenvalue weighted by Crippen LogP contribution is -2.34. The van der Waals surface area contributed by atoms with Gasteiger partial charge in [0.15, 0.2) is 6.23 Å². The molecule has 0 spiro atoms. The quantitative estimate of drug-likeness (QED) is 0.579. The van der Waals surface area contributed by atoms with Crippen LogP contribution in [0.25, 0.3) is 0 Å². The van der Waals surface area contributed by atoms with Gasteiger partial charge in [-0.1, -0.05) is 0 Å². The van der Waals surface area contributed by atoms with E-state index in [9.17, 15) is 9.59 Å². The van der Waals surface area contributed by atoms with E-state index in [0.29, 0.717) is 0 Å². The van der Waals surface area contributed by atoms with Crippen molar-refractivity contribution in [2.45, 2.75) is 25.6 Å². The molecule has 5 heteroatoms. The predicted molar refractivity (Wildman–Crippen MR) is 39.4 cm³/mol. The summed E-state index contributed by atoms with van der Waals surface area (Å²) in [4.78, 5) is 22.9. The van der Waals surface area contributed by atoms with E-state index in [1.165, 1.54) is 0 Å². The Morgan fingerprint density at radius 1 is 1.75 bits per heavy atom. The largest absolute Gasteiger partial charge is 0.481 e. The second-order valence-electron chi connectivity index (χ2n) is 2.82. The summed E-state index contributed by atoms with van der Waals surface area (Å²) in [5.74, 6) is -1.44. The normalized spacial score (nSPS) is 30.3. The number of aliphatic carboxylic acids is 1. The molecule has 0 aliphatic carbocycles. The Morgan fingerprint density at radius 2 is 2.33 bits per heavy atom. The van der Waals surface area contributed by atoms with Gasteiger partial charge in [0.2, 0.25) is 0 Å². The molecule has 12 heavy (non-hydrogen) atoms. The van der Waals surface area contributed by atoms with Crippen molar-refractivity contribution in [3.63, 3.8) is 0 Å². The minimum atomic E-state index is -0.988. The average Bonchev–Trinajstić information content (AvgIpc) is 2.16. The van der Waals surface area contributed by atoms with Gasteiger partial charge >= 0.3 is 11.9 Å². The van der Waals surface area contributed by atoms with Crippen molar-refractivity contribution >= 4 is 11.9 Å². The number of hydrogen-bond acceptors (Lipinski definition) is 4. The van der Waals surface area contributed by atoms with Gasteiger partial charge in [-0.2, -0.15) is 0 Å². The van der Waals surface area contributed by atoms with Gasteiger partial charge in [-0.3, -0.25) is 14.5 Å². The Morgan fingerprint density at radius 3 is 2.67 bits per heavy atom. The lowest BCUT2D eigenvalue weighted by molar-refractivity contribution is -0.145. The highest BCUT2D eigenvalue weighted by atomic mass is 16.6. The zero-order chi connectivity index (χ0) is 9.30. The maximum Gasteiger partial charge on any atom is 0.325 e. The Hall–Kier alpha value is -1.10. The number of carboxylic acid groups (broad SMARTS) is 1. The number of carbonyl (C=O) groups is 2. The molecule has 5 nitrogen and oxygen atoms in total. The number of ether oxygens (including phenoxy) is 1. The van der Waals surface area contributed by atoms with E-state index < -0.39 is 18.0 Å². The molecule has 1 rings (SSSR count). The SMILES string of the molecule is CC1OC(=O)C(CC(=O)O)N1C. The Kier molecular flexibility index (Phi) is 2.32. The first kappa shape index (κ1) is 8.99. The monoisotopic (exact) mass is 173 g/mol. The third kappa shape index (κ3) is 1.55. The first-order chi connectivity index (χ1) is 5.52. The molecule has 1 fully saturated rings. The van der Waals surface area contributed by atoms with Gasteiger partial charge in [0.05, 0.1) is 6.42 Å². The molecule has 2 unspecified atom stereocenters. The lowest BCUT2D eigenvalue weighted by atomic mass is 10.2. The van der Waals surface area contributed by atoms with Gasteiger partial charge in [-0.15, -0.1) is 0 Å². The van der Waals surface area contributed by atoms with Crippen molar-refractivity contribution in [1.29, 1.82) is 0 Å². The van der Waals surface area contributed by atoms with E-state index in [1.54, 1.807) is 18.9 Å². The van der Waals surface area contributed by atoms with Gasteiger partial charge in [0.1, 0.15) is 6.04 Å². The average molecular weight is 173 g/mol. The van der Waals surface area contributed by atoms with Crippen LogP contribution in [0.5, 0.6) is 0 Å². The molecule has 0 radical (unpaired) electrons. The highest BCUT2D eigenvalue weighted by molar-refractivity contribution is 5.83. The lowest BCUT2D eigenvalue weighted by Gasteiger charge is -2.15. The molecule has 1 aliphatic rings. The van der Waals surface area contributed by atoms with Gasteiger partial charge in [-0.05, 0) is 14.0 Å². The van der Waals surface area contributed by atoms with Crippen molar-refractivity contribution < 1.29 is 19.4 Å². The fraction of sp³-hybridized carbons (Fsp3) is 0.714. The van der Waals surface area contributed by atoms with Crippen LogP contribution in [0.1, 0.15) is 13.3 Å². The number of cyclic esters (lactones) is 1. The van der Waals surface area contributed by atoms with Crippen molar-refractivity contribution in [1.82, 2.24) is 4.90 Å². The van der Waals surface area contributed by atoms with Crippen molar-refractivity contribution in [3.05, 3.63) is 0 Å². The molecular weight excluding hydrogens is 162 g/mol. The molecule has 0 amide bonds. The summed E-state index contributed by atoms with van der Waals surface area (Å²) in [6.45, 7) is 1.71. The van der Waals surface area contributed by atoms with Crippen LogP contribution in [0.15, 0.2) is 0 Å². The second-order valence-corrected chi connectivity index (χ2v) is 2.82. The summed E-state index contributed by atoms with van der Waals surface area (Å²) >= 11 is 0. The minimum Gasteiger partial charge on any atom is -0.481 e. The minimum absolute atomic E-state index is 0.195. The van der Waals surface area contributed by atoms with E-state index in [-0.39, 0.29) is 12.6 Å². The molecule has 0 aromatic rings. The molecule has 0 bridgehead atoms. The van der Waals surface area contributed by atoms with E-state index in [0.717, 1.165) is 0 Å². The van der Waals surface area contributed by atoms with Crippen LogP contribution in [0.4, 0.5) is 0 Å². The molecule has 2 atom stereocenters. The van der Waals surface area contributed by atoms with Crippen LogP contribution in [0.3, 0.4) is 0 Å². The van der Waals surface area contributed by atoms with Gasteiger partial charge in [-0.25, -0.2) is 0 Å². The maximum absolute atomic E-state index is 11.0. The number of hydrogen-bond donors (Lipinski definition) is 1. The fourth-order valence-corrected chi connectivity index (χ4v) is 1.14. The summed E-state index contributed by atoms with van der Waals surface area (Å²) in [7, 11) is 1.67. The number of rotatable bonds is 2. The number of carbonyl (C=O) groups excluding carboxylic acids is 1. The maximum atomic E-state index is 11.0. The third-order valence-electron chi connectivity index (χ3n) is 1.99. The molecule has 68 valence electrons. The fourth-order valence-electron chi connectivity index (χ4n) is 1.14. The first-order valence-electron chi connectivity index (χ1n) is 3.66. The Balaban J connectivity index is 2.63. The smallest absolute Gasteiger partial charge is 0.325 e. The van der Waals surface area contributed by atoms with E-state index in [1.807, 2.05) is 0 Å². The van der Waals surface area contributed by atoms with Crippen molar-refractivity contribution in [2.24, 2.45) is 0 Å². The zero-order valence-electron chi connectivity index (χ0n) is 6.98. The first-order valence-corrected chi connectivity index (χ1v) is 3.66. The second kappa shape index (κ2) is 3.10. The van der Waals surface area contributed by atoms with Crippen LogP contribution in [0.2, 0.25) is 0 Å². The zero-order valence-corrected chi connectivity index (χ0v) is 6.98. The van der Waals surface area contributed by atoms with Crippen molar-refractivity contribution in [3.8, 4) is 0 Å². The highest BCUT2D eigenvalue weighted by Gasteiger charge is 2.38. The number of carboxylic acids is 1. The predicted octanol–water partition coefficient (Wildman–Crippen LogP) is -0.336. The molecule has 1 N–H and O–H groups in total. The summed E-state index contributed by atoms with van der Waals surface area (Å²) in [6.07, 6.45) is -0.513. The summed E-state index contributed by atoms with van der Waals surface area (Å²) < 4.78 is 4.81. The van der Waals surface area contributed by atoms with Crippen LogP contribution >= 0.6 is 0 Å². The Labute approximate surface area is 69.9 Å². The van der Waals surface area contributed by atoms with Crippen molar-refractivity contribution in [2.75, 3.05) is 7.05 Å². The van der Waals surface area contributed by atoms with Gasteiger partial charge in [0, 0.05) is 0 Å².